The van der Waals surface area contributed by atoms with Gasteiger partial charge >= 0.3 is 5.97 Å². The van der Waals surface area contributed by atoms with Crippen molar-refractivity contribution in [1.82, 2.24) is 0 Å². The number of hydrogen-bond acceptors (Lipinski definition) is 4. The zero-order chi connectivity index (χ0) is 15.3. The number of oxime groups is 1. The number of nitrogens with zero attached hydrogens (tertiary/aromatic N) is 1. The first-order chi connectivity index (χ1) is 9.32. The van der Waals surface area contributed by atoms with Crippen molar-refractivity contribution in [1.29, 1.82) is 0 Å². The molecule has 0 N–H and O–H groups in total. The molecule has 4 nitrogen and oxygen atoms in total. The van der Waals surface area contributed by atoms with Gasteiger partial charge in [0, 0.05) is 17.0 Å². The molecule has 0 aromatic heterocycles. The van der Waals surface area contributed by atoms with Crippen molar-refractivity contribution in [2.24, 2.45) is 10.6 Å². The van der Waals surface area contributed by atoms with Crippen molar-refractivity contribution in [2.45, 2.75) is 33.3 Å². The number of halogens is 1. The summed E-state index contributed by atoms with van der Waals surface area (Å²) in [6, 6.07) is 0. The highest BCUT2D eigenvalue weighted by Crippen LogP contribution is 2.33. The fourth-order valence-electron chi connectivity index (χ4n) is 1.81. The van der Waals surface area contributed by atoms with Crippen LogP contribution in [0.4, 0.5) is 0 Å². The fourth-order valence-corrected chi connectivity index (χ4v) is 1.93. The van der Waals surface area contributed by atoms with Crippen LogP contribution in [0.15, 0.2) is 41.1 Å². The van der Waals surface area contributed by atoms with Gasteiger partial charge in [-0.3, -0.25) is 4.79 Å². The number of allylic oxidation sites excluding steroid dienone is 4. The molecule has 1 atom stereocenters. The summed E-state index contributed by atoms with van der Waals surface area (Å²) in [5.41, 5.74) is 0.669. The third-order valence-electron chi connectivity index (χ3n) is 3.14. The molecule has 0 fully saturated rings. The average Bonchev–Trinajstić information content (AvgIpc) is 2.86. The highest BCUT2D eigenvalue weighted by Gasteiger charge is 2.43. The second-order valence-corrected chi connectivity index (χ2v) is 5.51. The van der Waals surface area contributed by atoms with E-state index in [0.717, 1.165) is 5.57 Å². The summed E-state index contributed by atoms with van der Waals surface area (Å²) in [5.74, 6) is -0.299. The Morgan fingerprint density at radius 3 is 2.80 bits per heavy atom. The Kier molecular flexibility index (Phi) is 5.57. The summed E-state index contributed by atoms with van der Waals surface area (Å²) in [5, 5.41) is 4.40. The summed E-state index contributed by atoms with van der Waals surface area (Å²) in [6.07, 6.45) is 3.42. The van der Waals surface area contributed by atoms with Crippen LogP contribution in [-0.4, -0.2) is 24.4 Å². The van der Waals surface area contributed by atoms with Crippen LogP contribution >= 0.6 is 11.6 Å². The molecule has 5 heteroatoms. The lowest BCUT2D eigenvalue weighted by molar-refractivity contribution is -0.161. The molecule has 110 valence electrons. The molecule has 0 saturated carbocycles. The second-order valence-electron chi connectivity index (χ2n) is 5.03. The molecule has 0 radical (unpaired) electrons. The van der Waals surface area contributed by atoms with E-state index >= 15 is 0 Å². The lowest BCUT2D eigenvalue weighted by Gasteiger charge is -2.26. The van der Waals surface area contributed by atoms with Gasteiger partial charge in [-0.05, 0) is 26.8 Å². The van der Waals surface area contributed by atoms with Gasteiger partial charge in [-0.25, -0.2) is 0 Å². The highest BCUT2D eigenvalue weighted by molar-refractivity contribution is 6.31. The van der Waals surface area contributed by atoms with Crippen LogP contribution in [0.1, 0.15) is 27.2 Å². The zero-order valence-corrected chi connectivity index (χ0v) is 12.9. The largest absolute Gasteiger partial charge is 0.465 e. The maximum absolute atomic E-state index is 12.0. The first-order valence-electron chi connectivity index (χ1n) is 6.41. The Labute approximate surface area is 124 Å². The molecule has 1 heterocycles. The van der Waals surface area contributed by atoms with Crippen LogP contribution in [0, 0.1) is 5.41 Å². The van der Waals surface area contributed by atoms with E-state index in [1.807, 2.05) is 0 Å². The standard InChI is InChI=1S/C15H20ClNO3/c1-6-11(8-10(3)16)12-9-13(20-17-12)15(4,5)14(18)19-7-2/h6,8,13H,1,3,7,9H2,2,4-5H3. The number of carbonyl (C=O) groups is 1. The lowest BCUT2D eigenvalue weighted by atomic mass is 9.83. The van der Waals surface area contributed by atoms with E-state index in [0.29, 0.717) is 23.8 Å². The normalized spacial score (nSPS) is 19.1. The highest BCUT2D eigenvalue weighted by atomic mass is 35.5. The van der Waals surface area contributed by atoms with E-state index in [-0.39, 0.29) is 12.1 Å². The Bertz CT molecular complexity index is 478. The number of rotatable bonds is 6. The van der Waals surface area contributed by atoms with Gasteiger partial charge in [0.25, 0.3) is 0 Å². The van der Waals surface area contributed by atoms with Gasteiger partial charge in [0.1, 0.15) is 11.5 Å². The van der Waals surface area contributed by atoms with Gasteiger partial charge in [0.05, 0.1) is 12.3 Å². The van der Waals surface area contributed by atoms with Gasteiger partial charge < -0.3 is 9.57 Å². The van der Waals surface area contributed by atoms with Crippen molar-refractivity contribution in [2.75, 3.05) is 6.61 Å². The second kappa shape index (κ2) is 6.75. The quantitative estimate of drug-likeness (QED) is 0.556. The maximum atomic E-state index is 12.0. The Balaban J connectivity index is 2.82. The van der Waals surface area contributed by atoms with Crippen LogP contribution in [0.25, 0.3) is 0 Å². The minimum atomic E-state index is -0.772. The first-order valence-corrected chi connectivity index (χ1v) is 6.79. The van der Waals surface area contributed by atoms with Gasteiger partial charge in [0.15, 0.2) is 0 Å². The van der Waals surface area contributed by atoms with Crippen LogP contribution < -0.4 is 0 Å². The molecule has 1 aliphatic rings. The third kappa shape index (κ3) is 3.73. The summed E-state index contributed by atoms with van der Waals surface area (Å²) < 4.78 is 5.07. The van der Waals surface area contributed by atoms with Gasteiger partial charge in [-0.1, -0.05) is 36.0 Å². The van der Waals surface area contributed by atoms with E-state index in [9.17, 15) is 4.79 Å². The predicted octanol–water partition coefficient (Wildman–Crippen LogP) is 3.59. The third-order valence-corrected chi connectivity index (χ3v) is 3.25. The average molecular weight is 298 g/mol. The molecule has 0 aromatic rings. The van der Waals surface area contributed by atoms with E-state index in [1.54, 1.807) is 32.9 Å². The molecule has 0 aromatic carbocycles. The van der Waals surface area contributed by atoms with E-state index in [4.69, 9.17) is 21.2 Å². The molecule has 0 saturated heterocycles. The lowest BCUT2D eigenvalue weighted by Crippen LogP contribution is -2.38. The molecular formula is C15H20ClNO3. The number of ether oxygens (including phenoxy) is 1. The molecule has 0 aliphatic carbocycles. The molecule has 0 spiro atoms. The Morgan fingerprint density at radius 1 is 1.65 bits per heavy atom. The monoisotopic (exact) mass is 297 g/mol. The van der Waals surface area contributed by atoms with Crippen molar-refractivity contribution in [3.05, 3.63) is 35.9 Å². The SMILES string of the molecule is C=CC(=CC(=C)Cl)C1=NOC(C(C)(C)C(=O)OCC)C1. The zero-order valence-electron chi connectivity index (χ0n) is 12.1. The fraction of sp³-hybridized carbons (Fsp3) is 0.467. The number of carbonyl (C=O) groups excluding carboxylic acids is 1. The molecule has 1 aliphatic heterocycles. The molecule has 20 heavy (non-hydrogen) atoms. The molecule has 1 rings (SSSR count). The number of hydrogen-bond donors (Lipinski definition) is 0. The molecule has 0 amide bonds. The predicted molar refractivity (Wildman–Crippen MR) is 80.6 cm³/mol. The van der Waals surface area contributed by atoms with Crippen molar-refractivity contribution in [3.63, 3.8) is 0 Å². The number of esters is 1. The molecule has 0 bridgehead atoms. The van der Waals surface area contributed by atoms with Crippen LogP contribution in [0.3, 0.4) is 0 Å². The van der Waals surface area contributed by atoms with E-state index in [2.05, 4.69) is 18.3 Å². The van der Waals surface area contributed by atoms with Crippen molar-refractivity contribution in [3.8, 4) is 0 Å². The van der Waals surface area contributed by atoms with Crippen LogP contribution in [-0.2, 0) is 14.4 Å². The van der Waals surface area contributed by atoms with Crippen LogP contribution in [0.5, 0.6) is 0 Å². The summed E-state index contributed by atoms with van der Waals surface area (Å²) in [4.78, 5) is 17.3. The van der Waals surface area contributed by atoms with Gasteiger partial charge in [-0.15, -0.1) is 0 Å². The smallest absolute Gasteiger partial charge is 0.315 e. The topological polar surface area (TPSA) is 47.9 Å². The van der Waals surface area contributed by atoms with E-state index in [1.165, 1.54) is 0 Å². The summed E-state index contributed by atoms with van der Waals surface area (Å²) >= 11 is 5.76. The Hall–Kier alpha value is -1.55. The van der Waals surface area contributed by atoms with Crippen LogP contribution in [0.2, 0.25) is 0 Å². The maximum Gasteiger partial charge on any atom is 0.315 e. The van der Waals surface area contributed by atoms with Gasteiger partial charge in [-0.2, -0.15) is 0 Å². The molecular weight excluding hydrogens is 278 g/mol. The Morgan fingerprint density at radius 2 is 2.30 bits per heavy atom. The summed E-state index contributed by atoms with van der Waals surface area (Å²) in [7, 11) is 0. The summed E-state index contributed by atoms with van der Waals surface area (Å²) in [6.45, 7) is 13.0. The minimum Gasteiger partial charge on any atom is -0.465 e. The van der Waals surface area contributed by atoms with Gasteiger partial charge in [0.2, 0.25) is 0 Å². The molecule has 1 unspecified atom stereocenters. The van der Waals surface area contributed by atoms with Crippen molar-refractivity contribution >= 4 is 23.3 Å². The minimum absolute atomic E-state index is 0.299. The van der Waals surface area contributed by atoms with Crippen molar-refractivity contribution < 1.29 is 14.4 Å². The first kappa shape index (κ1) is 16.5. The van der Waals surface area contributed by atoms with E-state index < -0.39 is 5.41 Å².